The molecular formula is C34H37F4NO6. The van der Waals surface area contributed by atoms with Gasteiger partial charge in [-0.15, -0.1) is 0 Å². The first-order valence-electron chi connectivity index (χ1n) is 14.6. The van der Waals surface area contributed by atoms with E-state index in [9.17, 15) is 31.9 Å². The lowest BCUT2D eigenvalue weighted by Gasteiger charge is -2.32. The fraction of sp³-hybridized carbons (Fsp3) is 0.412. The minimum atomic E-state index is -4.45. The third-order valence-corrected chi connectivity index (χ3v) is 7.69. The number of ether oxygens (including phenoxy) is 3. The van der Waals surface area contributed by atoms with Crippen LogP contribution in [0.25, 0.3) is 0 Å². The number of alkyl halides is 3. The van der Waals surface area contributed by atoms with Crippen LogP contribution in [0.15, 0.2) is 60.8 Å². The number of methoxy groups -OCH3 is 1. The number of hydrogen-bond donors (Lipinski definition) is 0. The van der Waals surface area contributed by atoms with Gasteiger partial charge in [0.1, 0.15) is 11.9 Å². The summed E-state index contributed by atoms with van der Waals surface area (Å²) in [7, 11) is 1.35. The molecule has 11 heteroatoms. The third-order valence-electron chi connectivity index (χ3n) is 7.69. The van der Waals surface area contributed by atoms with Gasteiger partial charge < -0.3 is 14.2 Å². The van der Waals surface area contributed by atoms with Crippen molar-refractivity contribution in [2.24, 2.45) is 17.8 Å². The van der Waals surface area contributed by atoms with Crippen molar-refractivity contribution in [3.8, 4) is 11.5 Å². The molecule has 0 aliphatic carbocycles. The molecular weight excluding hydrogens is 594 g/mol. The highest BCUT2D eigenvalue weighted by Crippen LogP contribution is 2.34. The Morgan fingerprint density at radius 2 is 1.51 bits per heavy atom. The molecule has 0 unspecified atom stereocenters. The molecule has 242 valence electrons. The molecule has 0 radical (unpaired) electrons. The minimum Gasteiger partial charge on any atom is -0.493 e. The minimum absolute atomic E-state index is 0.112. The number of esters is 2. The second kappa shape index (κ2) is 15.6. The second-order valence-corrected chi connectivity index (χ2v) is 11.0. The van der Waals surface area contributed by atoms with Gasteiger partial charge in [-0.05, 0) is 61.1 Å². The maximum absolute atomic E-state index is 13.6. The zero-order valence-corrected chi connectivity index (χ0v) is 25.8. The molecule has 0 saturated carbocycles. The van der Waals surface area contributed by atoms with Crippen molar-refractivity contribution in [3.05, 3.63) is 89.0 Å². The SMILES string of the molecule is CC[C@H](Cc1ccc(C(F)(F)F)cc1)[C@@H](Cc1ccc(F)cc1)[C@H](C)OC(=O)[C@H](C)CC(=O)c1nccc(OC)c1OC(C)=O. The van der Waals surface area contributed by atoms with Crippen LogP contribution in [0.3, 0.4) is 0 Å². The molecule has 0 amide bonds. The third kappa shape index (κ3) is 9.86. The van der Waals surface area contributed by atoms with Crippen LogP contribution in [0, 0.1) is 23.6 Å². The van der Waals surface area contributed by atoms with Gasteiger partial charge >= 0.3 is 18.1 Å². The number of aromatic nitrogens is 1. The first-order chi connectivity index (χ1) is 21.2. The number of ketones is 1. The van der Waals surface area contributed by atoms with Gasteiger partial charge in [0, 0.05) is 31.5 Å². The Morgan fingerprint density at radius 1 is 0.911 bits per heavy atom. The first kappa shape index (κ1) is 35.2. The van der Waals surface area contributed by atoms with Crippen molar-refractivity contribution < 1.29 is 46.2 Å². The number of carbonyl (C=O) groups excluding carboxylic acids is 3. The summed E-state index contributed by atoms with van der Waals surface area (Å²) in [4.78, 5) is 42.0. The molecule has 3 aromatic rings. The van der Waals surface area contributed by atoms with E-state index in [0.29, 0.717) is 24.8 Å². The normalized spacial score (nSPS) is 14.2. The topological polar surface area (TPSA) is 91.8 Å². The molecule has 7 nitrogen and oxygen atoms in total. The number of halogens is 4. The van der Waals surface area contributed by atoms with Crippen LogP contribution in [0.5, 0.6) is 11.5 Å². The molecule has 1 aromatic heterocycles. The molecule has 2 aromatic carbocycles. The van der Waals surface area contributed by atoms with Crippen LogP contribution in [0.2, 0.25) is 0 Å². The summed E-state index contributed by atoms with van der Waals surface area (Å²) in [6.07, 6.45) is -2.59. The predicted molar refractivity (Wildman–Crippen MR) is 158 cm³/mol. The van der Waals surface area contributed by atoms with Gasteiger partial charge in [-0.1, -0.05) is 44.5 Å². The maximum Gasteiger partial charge on any atom is 0.416 e. The quantitative estimate of drug-likeness (QED) is 0.104. The van der Waals surface area contributed by atoms with Crippen LogP contribution >= 0.6 is 0 Å². The van der Waals surface area contributed by atoms with E-state index in [0.717, 1.165) is 17.7 Å². The van der Waals surface area contributed by atoms with Gasteiger partial charge in [-0.3, -0.25) is 14.4 Å². The predicted octanol–water partition coefficient (Wildman–Crippen LogP) is 7.44. The molecule has 45 heavy (non-hydrogen) atoms. The van der Waals surface area contributed by atoms with E-state index >= 15 is 0 Å². The van der Waals surface area contributed by atoms with Crippen molar-refractivity contribution in [3.63, 3.8) is 0 Å². The summed E-state index contributed by atoms with van der Waals surface area (Å²) in [5.74, 6) is -3.56. The monoisotopic (exact) mass is 631 g/mol. The smallest absolute Gasteiger partial charge is 0.416 e. The molecule has 3 rings (SSSR count). The van der Waals surface area contributed by atoms with Crippen LogP contribution in [-0.4, -0.2) is 35.9 Å². The number of Topliss-reactive ketones (excluding diaryl/α,β-unsaturated/α-hetero) is 1. The molecule has 1 heterocycles. The van der Waals surface area contributed by atoms with Crippen molar-refractivity contribution in [2.45, 2.75) is 65.7 Å². The molecule has 0 spiro atoms. The average molecular weight is 632 g/mol. The fourth-order valence-electron chi connectivity index (χ4n) is 5.22. The van der Waals surface area contributed by atoms with Gasteiger partial charge in [-0.25, -0.2) is 9.37 Å². The lowest BCUT2D eigenvalue weighted by molar-refractivity contribution is -0.156. The lowest BCUT2D eigenvalue weighted by atomic mass is 9.78. The Morgan fingerprint density at radius 3 is 2.07 bits per heavy atom. The van der Waals surface area contributed by atoms with Crippen LogP contribution in [0.4, 0.5) is 17.6 Å². The first-order valence-corrected chi connectivity index (χ1v) is 14.6. The summed E-state index contributed by atoms with van der Waals surface area (Å²) in [5, 5.41) is 0. The van der Waals surface area contributed by atoms with Crippen LogP contribution < -0.4 is 9.47 Å². The van der Waals surface area contributed by atoms with Crippen molar-refractivity contribution >= 4 is 17.7 Å². The van der Waals surface area contributed by atoms with Gasteiger partial charge in [0.25, 0.3) is 0 Å². The molecule has 0 bridgehead atoms. The number of rotatable bonds is 14. The average Bonchev–Trinajstić information content (AvgIpc) is 2.99. The Bertz CT molecular complexity index is 1460. The number of carbonyl (C=O) groups is 3. The molecule has 0 aliphatic rings. The molecule has 0 fully saturated rings. The summed E-state index contributed by atoms with van der Waals surface area (Å²) in [5.41, 5.74) is 0.609. The number of benzene rings is 2. The highest BCUT2D eigenvalue weighted by molar-refractivity contribution is 5.99. The molecule has 0 N–H and O–H groups in total. The Labute approximate surface area is 259 Å². The van der Waals surface area contributed by atoms with Crippen molar-refractivity contribution in [2.75, 3.05) is 7.11 Å². The van der Waals surface area contributed by atoms with Gasteiger partial charge in [0.2, 0.25) is 5.75 Å². The fourth-order valence-corrected chi connectivity index (χ4v) is 5.22. The van der Waals surface area contributed by atoms with Crippen LogP contribution in [0.1, 0.15) is 67.7 Å². The second-order valence-electron chi connectivity index (χ2n) is 11.0. The number of pyridine rings is 1. The Balaban J connectivity index is 1.79. The Kier molecular flexibility index (Phi) is 12.2. The van der Waals surface area contributed by atoms with E-state index in [4.69, 9.17) is 14.2 Å². The van der Waals surface area contributed by atoms with Gasteiger partial charge in [-0.2, -0.15) is 13.2 Å². The largest absolute Gasteiger partial charge is 0.493 e. The number of nitrogens with zero attached hydrogens (tertiary/aromatic N) is 1. The van der Waals surface area contributed by atoms with Crippen LogP contribution in [-0.2, 0) is 33.3 Å². The highest BCUT2D eigenvalue weighted by Gasteiger charge is 2.33. The van der Waals surface area contributed by atoms with E-state index in [1.54, 1.807) is 19.1 Å². The van der Waals surface area contributed by atoms with Crippen molar-refractivity contribution in [1.29, 1.82) is 0 Å². The zero-order valence-electron chi connectivity index (χ0n) is 25.8. The lowest BCUT2D eigenvalue weighted by Crippen LogP contribution is -2.34. The molecule has 0 saturated heterocycles. The Hall–Kier alpha value is -4.28. The number of hydrogen-bond acceptors (Lipinski definition) is 7. The van der Waals surface area contributed by atoms with E-state index in [2.05, 4.69) is 4.98 Å². The highest BCUT2D eigenvalue weighted by atomic mass is 19.4. The van der Waals surface area contributed by atoms with E-state index in [1.807, 2.05) is 6.92 Å². The molecule has 0 aliphatic heterocycles. The summed E-state index contributed by atoms with van der Waals surface area (Å²) < 4.78 is 69.1. The van der Waals surface area contributed by atoms with Gasteiger partial charge in [0.15, 0.2) is 17.2 Å². The molecule has 4 atom stereocenters. The van der Waals surface area contributed by atoms with Crippen molar-refractivity contribution in [1.82, 2.24) is 4.98 Å². The van der Waals surface area contributed by atoms with E-state index < -0.39 is 47.3 Å². The summed E-state index contributed by atoms with van der Waals surface area (Å²) in [6.45, 7) is 6.39. The zero-order chi connectivity index (χ0) is 33.3. The van der Waals surface area contributed by atoms with E-state index in [1.165, 1.54) is 57.5 Å². The maximum atomic E-state index is 13.6. The standard InChI is InChI=1S/C34H37F4NO6/c1-6-25(18-23-7-11-26(12-8-23)34(36,37)38)28(19-24-9-13-27(35)14-10-24)21(3)44-33(42)20(2)17-29(41)31-32(45-22(4)40)30(43-5)15-16-39-31/h7-16,20-21,25,28H,6,17-19H2,1-5H3/t20-,21+,25-,28+/m1/s1. The summed E-state index contributed by atoms with van der Waals surface area (Å²) in [6, 6.07) is 12.4. The van der Waals surface area contributed by atoms with E-state index in [-0.39, 0.29) is 35.4 Å². The summed E-state index contributed by atoms with van der Waals surface area (Å²) >= 11 is 0. The van der Waals surface area contributed by atoms with Gasteiger partial charge in [0.05, 0.1) is 18.6 Å².